The highest BCUT2D eigenvalue weighted by Crippen LogP contribution is 2.16. The fourth-order valence-corrected chi connectivity index (χ4v) is 2.39. The molecule has 1 aromatic rings. The Morgan fingerprint density at radius 1 is 1.18 bits per heavy atom. The van der Waals surface area contributed by atoms with Crippen molar-refractivity contribution in [1.82, 2.24) is 0 Å². The monoisotopic (exact) mass is 306 g/mol. The number of hydrogen-bond donors (Lipinski definition) is 0. The van der Waals surface area contributed by atoms with Crippen molar-refractivity contribution in [2.75, 3.05) is 0 Å². The Labute approximate surface area is 134 Å². The lowest BCUT2D eigenvalue weighted by atomic mass is 10.0. The minimum absolute atomic E-state index is 0.0173. The van der Waals surface area contributed by atoms with Crippen LogP contribution in [0.4, 0.5) is 0 Å². The Hall–Kier alpha value is -1.51. The summed E-state index contributed by atoms with van der Waals surface area (Å²) in [5.74, 6) is -0.0387. The molecule has 0 spiro atoms. The molecule has 1 atom stereocenters. The first-order valence-electron chi connectivity index (χ1n) is 8.67. The van der Waals surface area contributed by atoms with Gasteiger partial charge in [-0.15, -0.1) is 0 Å². The van der Waals surface area contributed by atoms with Gasteiger partial charge in [-0.3, -0.25) is 0 Å². The van der Waals surface area contributed by atoms with Crippen LogP contribution < -0.4 is 0 Å². The third-order valence-corrected chi connectivity index (χ3v) is 3.67. The fraction of sp³-hybridized carbons (Fsp3) is 0.632. The van der Waals surface area contributed by atoms with Crippen molar-refractivity contribution in [1.29, 1.82) is 0 Å². The first kappa shape index (κ1) is 18.5. The van der Waals surface area contributed by atoms with Gasteiger partial charge in [0.05, 0.1) is 6.26 Å². The zero-order valence-electron chi connectivity index (χ0n) is 14.1. The van der Waals surface area contributed by atoms with E-state index in [1.807, 2.05) is 0 Å². The molecule has 124 valence electrons. The highest BCUT2D eigenvalue weighted by atomic mass is 16.6. The van der Waals surface area contributed by atoms with Crippen molar-refractivity contribution < 1.29 is 13.9 Å². The zero-order chi connectivity index (χ0) is 16.0. The van der Waals surface area contributed by atoms with Gasteiger partial charge in [-0.2, -0.15) is 0 Å². The average molecular weight is 306 g/mol. The van der Waals surface area contributed by atoms with Crippen molar-refractivity contribution in [3.63, 3.8) is 0 Å². The second-order valence-electron chi connectivity index (χ2n) is 5.66. The van der Waals surface area contributed by atoms with Gasteiger partial charge in [-0.25, -0.2) is 4.79 Å². The summed E-state index contributed by atoms with van der Waals surface area (Å²) in [6.07, 6.45) is 15.9. The molecule has 1 unspecified atom stereocenters. The van der Waals surface area contributed by atoms with E-state index >= 15 is 0 Å². The van der Waals surface area contributed by atoms with E-state index in [9.17, 15) is 4.79 Å². The molecule has 22 heavy (non-hydrogen) atoms. The van der Waals surface area contributed by atoms with E-state index in [1.54, 1.807) is 12.1 Å². The summed E-state index contributed by atoms with van der Waals surface area (Å²) < 4.78 is 10.7. The predicted octanol–water partition coefficient (Wildman–Crippen LogP) is 5.91. The number of carbonyl (C=O) groups is 1. The summed E-state index contributed by atoms with van der Waals surface area (Å²) >= 11 is 0. The molecule has 0 aliphatic heterocycles. The molecule has 1 rings (SSSR count). The molecule has 0 saturated carbocycles. The molecular weight excluding hydrogens is 276 g/mol. The lowest BCUT2D eigenvalue weighted by Gasteiger charge is -2.17. The van der Waals surface area contributed by atoms with Crippen molar-refractivity contribution in [2.45, 2.75) is 77.7 Å². The molecule has 0 N–H and O–H groups in total. The Morgan fingerprint density at radius 3 is 2.68 bits per heavy atom. The van der Waals surface area contributed by atoms with Gasteiger partial charge in [0, 0.05) is 0 Å². The molecule has 3 heteroatoms. The lowest BCUT2D eigenvalue weighted by molar-refractivity contribution is 0.0215. The summed E-state index contributed by atoms with van der Waals surface area (Å²) in [5, 5.41) is 0. The van der Waals surface area contributed by atoms with E-state index in [0.717, 1.165) is 44.9 Å². The van der Waals surface area contributed by atoms with E-state index in [-0.39, 0.29) is 12.1 Å². The maximum absolute atomic E-state index is 12.0. The van der Waals surface area contributed by atoms with Gasteiger partial charge in [0.25, 0.3) is 0 Å². The molecule has 0 radical (unpaired) electrons. The number of esters is 1. The minimum Gasteiger partial charge on any atom is -0.457 e. The van der Waals surface area contributed by atoms with Crippen molar-refractivity contribution in [2.24, 2.45) is 0 Å². The summed E-state index contributed by atoms with van der Waals surface area (Å²) in [4.78, 5) is 12.0. The summed E-state index contributed by atoms with van der Waals surface area (Å²) in [5.41, 5.74) is 0. The van der Waals surface area contributed by atoms with Gasteiger partial charge in [0.15, 0.2) is 0 Å². The normalized spacial score (nSPS) is 12.6. The zero-order valence-corrected chi connectivity index (χ0v) is 14.1. The third-order valence-electron chi connectivity index (χ3n) is 3.67. The van der Waals surface area contributed by atoms with Crippen LogP contribution >= 0.6 is 0 Å². The van der Waals surface area contributed by atoms with E-state index in [4.69, 9.17) is 9.15 Å². The second-order valence-corrected chi connectivity index (χ2v) is 5.66. The first-order valence-corrected chi connectivity index (χ1v) is 8.67. The van der Waals surface area contributed by atoms with Gasteiger partial charge in [0.2, 0.25) is 5.76 Å². The first-order chi connectivity index (χ1) is 10.8. The standard InChI is InChI=1S/C19H30O3/c1-3-5-7-8-9-10-11-14-17(13-6-4-2)22-19(20)18-15-12-16-21-18/h5,7,12,15-17H,3-4,6,8-11,13-14H2,1-2H3. The van der Waals surface area contributed by atoms with Gasteiger partial charge >= 0.3 is 5.97 Å². The Balaban J connectivity index is 2.28. The Morgan fingerprint density at radius 2 is 2.00 bits per heavy atom. The largest absolute Gasteiger partial charge is 0.457 e. The number of ether oxygens (including phenoxy) is 1. The van der Waals surface area contributed by atoms with Crippen LogP contribution in [0.15, 0.2) is 35.0 Å². The van der Waals surface area contributed by atoms with Crippen LogP contribution in [-0.4, -0.2) is 12.1 Å². The molecule has 0 bridgehead atoms. The number of furan rings is 1. The molecule has 1 aromatic heterocycles. The second kappa shape index (κ2) is 12.1. The van der Waals surface area contributed by atoms with E-state index < -0.39 is 0 Å². The van der Waals surface area contributed by atoms with E-state index in [2.05, 4.69) is 26.0 Å². The predicted molar refractivity (Wildman–Crippen MR) is 90.0 cm³/mol. The average Bonchev–Trinajstić information content (AvgIpc) is 3.05. The van der Waals surface area contributed by atoms with E-state index in [0.29, 0.717) is 5.76 Å². The van der Waals surface area contributed by atoms with E-state index in [1.165, 1.54) is 19.1 Å². The molecule has 0 fully saturated rings. The smallest absolute Gasteiger partial charge is 0.374 e. The van der Waals surface area contributed by atoms with Crippen LogP contribution in [0.3, 0.4) is 0 Å². The fourth-order valence-electron chi connectivity index (χ4n) is 2.39. The van der Waals surface area contributed by atoms with Crippen LogP contribution in [0.25, 0.3) is 0 Å². The van der Waals surface area contributed by atoms with Gasteiger partial charge < -0.3 is 9.15 Å². The molecule has 0 aromatic carbocycles. The van der Waals surface area contributed by atoms with Crippen LogP contribution in [0.5, 0.6) is 0 Å². The number of rotatable bonds is 12. The van der Waals surface area contributed by atoms with Crippen LogP contribution in [0, 0.1) is 0 Å². The SMILES string of the molecule is CCC=CCCCCCC(CCCC)OC(=O)c1ccco1. The number of unbranched alkanes of at least 4 members (excludes halogenated alkanes) is 4. The molecule has 0 aliphatic carbocycles. The topological polar surface area (TPSA) is 39.4 Å². The third kappa shape index (κ3) is 8.06. The Bertz CT molecular complexity index is 406. The van der Waals surface area contributed by atoms with Gasteiger partial charge in [0.1, 0.15) is 6.10 Å². The molecule has 1 heterocycles. The maximum Gasteiger partial charge on any atom is 0.374 e. The van der Waals surface area contributed by atoms with Crippen LogP contribution in [0.1, 0.15) is 82.2 Å². The van der Waals surface area contributed by atoms with Crippen molar-refractivity contribution >= 4 is 5.97 Å². The molecule has 0 saturated heterocycles. The number of carbonyl (C=O) groups excluding carboxylic acids is 1. The molecule has 3 nitrogen and oxygen atoms in total. The van der Waals surface area contributed by atoms with Crippen LogP contribution in [0.2, 0.25) is 0 Å². The highest BCUT2D eigenvalue weighted by molar-refractivity contribution is 5.86. The minimum atomic E-state index is -0.336. The molecular formula is C19H30O3. The van der Waals surface area contributed by atoms with Crippen LogP contribution in [-0.2, 0) is 4.74 Å². The molecule has 0 aliphatic rings. The maximum atomic E-state index is 12.0. The highest BCUT2D eigenvalue weighted by Gasteiger charge is 2.17. The number of hydrogen-bond acceptors (Lipinski definition) is 3. The molecule has 0 amide bonds. The summed E-state index contributed by atoms with van der Waals surface area (Å²) in [6, 6.07) is 3.36. The Kier molecular flexibility index (Phi) is 10.2. The van der Waals surface area contributed by atoms with Gasteiger partial charge in [-0.1, -0.05) is 45.3 Å². The van der Waals surface area contributed by atoms with Gasteiger partial charge in [-0.05, 0) is 50.7 Å². The number of allylic oxidation sites excluding steroid dienone is 2. The summed E-state index contributed by atoms with van der Waals surface area (Å²) in [6.45, 7) is 4.31. The summed E-state index contributed by atoms with van der Waals surface area (Å²) in [7, 11) is 0. The van der Waals surface area contributed by atoms with Crippen molar-refractivity contribution in [3.8, 4) is 0 Å². The lowest BCUT2D eigenvalue weighted by Crippen LogP contribution is -2.18. The van der Waals surface area contributed by atoms with Crippen molar-refractivity contribution in [3.05, 3.63) is 36.3 Å². The quantitative estimate of drug-likeness (QED) is 0.274.